The fourth-order valence-corrected chi connectivity index (χ4v) is 6.84. The average molecular weight is 573 g/mol. The maximum Gasteiger partial charge on any atom is 0.256 e. The maximum atomic E-state index is 13.2. The van der Waals surface area contributed by atoms with Gasteiger partial charge in [-0.05, 0) is 67.8 Å². The number of β-amino-alcohol motifs (C(OH)–C–C–N with tert-alkyl or cyclic N) is 1. The predicted molar refractivity (Wildman–Crippen MR) is 151 cm³/mol. The van der Waals surface area contributed by atoms with Crippen molar-refractivity contribution >= 4 is 63.2 Å². The number of rotatable bonds is 6. The van der Waals surface area contributed by atoms with Crippen LogP contribution in [0.4, 0.5) is 5.69 Å². The highest BCUT2D eigenvalue weighted by atomic mass is 35.5. The Bertz CT molecular complexity index is 1490. The van der Waals surface area contributed by atoms with Crippen molar-refractivity contribution in [1.29, 1.82) is 0 Å². The molecule has 1 aromatic heterocycles. The number of amides is 2. The van der Waals surface area contributed by atoms with Gasteiger partial charge < -0.3 is 20.3 Å². The topological polar surface area (TPSA) is 102 Å². The zero-order valence-electron chi connectivity index (χ0n) is 20.9. The van der Waals surface area contributed by atoms with E-state index >= 15 is 0 Å². The second-order valence-electron chi connectivity index (χ2n) is 9.64. The first-order valence-corrected chi connectivity index (χ1v) is 14.3. The molecule has 3 aromatic rings. The van der Waals surface area contributed by atoms with E-state index in [1.165, 1.54) is 0 Å². The highest BCUT2D eigenvalue weighted by Gasteiger charge is 2.28. The monoisotopic (exact) mass is 571 g/mol. The number of aliphatic hydroxyl groups is 1. The number of H-pyrrole nitrogens is 1. The van der Waals surface area contributed by atoms with Crippen LogP contribution in [-0.4, -0.2) is 50.2 Å². The fourth-order valence-electron chi connectivity index (χ4n) is 4.94. The standard InChI is InChI=1S/C28H27Cl2N3O4S/c1-15-19(12-27(35)33-9-8-17(34)13-33)16(2)31-26(15)11-21-20-10-18(6-7-25(20)32-28(21)36)38(37)14-22-23(29)4-3-5-24(22)30/h3-7,10-11,17,31,34H,8-9,12-14H2,1-2H3,(H,32,36)/b21-11-/t17-,38?/m1/s1. The van der Waals surface area contributed by atoms with Crippen LogP contribution in [0.25, 0.3) is 11.6 Å². The van der Waals surface area contributed by atoms with Gasteiger partial charge in [0.05, 0.1) is 34.7 Å². The van der Waals surface area contributed by atoms with E-state index in [4.69, 9.17) is 23.2 Å². The number of carbonyl (C=O) groups is 2. The van der Waals surface area contributed by atoms with E-state index in [0.29, 0.717) is 56.8 Å². The van der Waals surface area contributed by atoms with E-state index in [0.717, 1.165) is 22.5 Å². The number of benzene rings is 2. The summed E-state index contributed by atoms with van der Waals surface area (Å²) in [5.41, 5.74) is 5.71. The van der Waals surface area contributed by atoms with E-state index in [1.807, 2.05) is 13.8 Å². The largest absolute Gasteiger partial charge is 0.391 e. The highest BCUT2D eigenvalue weighted by molar-refractivity contribution is 7.84. The molecule has 38 heavy (non-hydrogen) atoms. The van der Waals surface area contributed by atoms with Crippen LogP contribution in [0.3, 0.4) is 0 Å². The van der Waals surface area contributed by atoms with Crippen LogP contribution < -0.4 is 5.32 Å². The zero-order chi connectivity index (χ0) is 27.1. The Morgan fingerprint density at radius 1 is 1.18 bits per heavy atom. The lowest BCUT2D eigenvalue weighted by Gasteiger charge is -2.15. The van der Waals surface area contributed by atoms with Gasteiger partial charge in [-0.15, -0.1) is 0 Å². The Morgan fingerprint density at radius 3 is 2.61 bits per heavy atom. The summed E-state index contributed by atoms with van der Waals surface area (Å²) in [6.45, 7) is 4.74. The molecular weight excluding hydrogens is 545 g/mol. The number of hydrogen-bond acceptors (Lipinski definition) is 4. The molecule has 2 aliphatic rings. The summed E-state index contributed by atoms with van der Waals surface area (Å²) in [5.74, 6) is -0.133. The first kappa shape index (κ1) is 26.7. The smallest absolute Gasteiger partial charge is 0.256 e. The van der Waals surface area contributed by atoms with Gasteiger partial charge in [-0.3, -0.25) is 13.8 Å². The first-order chi connectivity index (χ1) is 18.1. The van der Waals surface area contributed by atoms with Gasteiger partial charge in [-0.1, -0.05) is 29.3 Å². The Kier molecular flexibility index (Phi) is 7.51. The summed E-state index contributed by atoms with van der Waals surface area (Å²) in [4.78, 5) is 31.2. The number of aryl methyl sites for hydroxylation is 1. The summed E-state index contributed by atoms with van der Waals surface area (Å²) in [6, 6.07) is 10.4. The molecule has 10 heteroatoms. The molecule has 0 saturated carbocycles. The van der Waals surface area contributed by atoms with Gasteiger partial charge in [0.2, 0.25) is 5.91 Å². The minimum Gasteiger partial charge on any atom is -0.391 e. The molecule has 2 aromatic carbocycles. The Hall–Kier alpha value is -2.91. The minimum absolute atomic E-state index is 0.0272. The van der Waals surface area contributed by atoms with Crippen LogP contribution in [0.5, 0.6) is 0 Å². The summed E-state index contributed by atoms with van der Waals surface area (Å²) in [7, 11) is -1.44. The molecule has 0 aliphatic carbocycles. The van der Waals surface area contributed by atoms with Crippen LogP contribution in [-0.2, 0) is 32.6 Å². The summed E-state index contributed by atoms with van der Waals surface area (Å²) in [6.07, 6.45) is 2.13. The number of aliphatic hydroxyl groups excluding tert-OH is 1. The van der Waals surface area contributed by atoms with Crippen molar-refractivity contribution in [1.82, 2.24) is 9.88 Å². The van der Waals surface area contributed by atoms with Crippen molar-refractivity contribution in [3.05, 3.63) is 80.1 Å². The Labute approximate surface area is 233 Å². The number of likely N-dealkylation sites (tertiary alicyclic amines) is 1. The number of aromatic amines is 1. The third kappa shape index (κ3) is 5.18. The van der Waals surface area contributed by atoms with E-state index in [9.17, 15) is 18.9 Å². The number of anilines is 1. The molecule has 2 aliphatic heterocycles. The lowest BCUT2D eigenvalue weighted by molar-refractivity contribution is -0.129. The fraction of sp³-hybridized carbons (Fsp3) is 0.286. The molecule has 0 spiro atoms. The van der Waals surface area contributed by atoms with Crippen molar-refractivity contribution in [3.8, 4) is 0 Å². The van der Waals surface area contributed by atoms with Crippen LogP contribution in [0.2, 0.25) is 10.0 Å². The number of hydrogen-bond donors (Lipinski definition) is 3. The van der Waals surface area contributed by atoms with Crippen molar-refractivity contribution in [2.24, 2.45) is 0 Å². The normalized spacial score (nSPS) is 18.7. The second kappa shape index (κ2) is 10.7. The zero-order valence-corrected chi connectivity index (χ0v) is 23.3. The molecule has 1 fully saturated rings. The Morgan fingerprint density at radius 2 is 1.92 bits per heavy atom. The van der Waals surface area contributed by atoms with Gasteiger partial charge in [-0.25, -0.2) is 0 Å². The van der Waals surface area contributed by atoms with Gasteiger partial charge in [0.15, 0.2) is 0 Å². The van der Waals surface area contributed by atoms with Gasteiger partial charge in [0.1, 0.15) is 0 Å². The predicted octanol–water partition coefficient (Wildman–Crippen LogP) is 4.87. The molecule has 198 valence electrons. The van der Waals surface area contributed by atoms with Crippen molar-refractivity contribution in [3.63, 3.8) is 0 Å². The first-order valence-electron chi connectivity index (χ1n) is 12.2. The van der Waals surface area contributed by atoms with Gasteiger partial charge in [0.25, 0.3) is 5.91 Å². The van der Waals surface area contributed by atoms with Crippen LogP contribution in [0.1, 0.15) is 40.1 Å². The van der Waals surface area contributed by atoms with E-state index < -0.39 is 16.9 Å². The molecule has 3 N–H and O–H groups in total. The van der Waals surface area contributed by atoms with E-state index in [-0.39, 0.29) is 24.0 Å². The number of carbonyl (C=O) groups excluding carboxylic acids is 2. The molecule has 5 rings (SSSR count). The van der Waals surface area contributed by atoms with Crippen molar-refractivity contribution < 1.29 is 18.9 Å². The number of nitrogens with one attached hydrogen (secondary N) is 2. The van der Waals surface area contributed by atoms with Gasteiger partial charge >= 0.3 is 0 Å². The lowest BCUT2D eigenvalue weighted by Crippen LogP contribution is -2.31. The van der Waals surface area contributed by atoms with E-state index in [2.05, 4.69) is 10.3 Å². The van der Waals surface area contributed by atoms with Crippen LogP contribution >= 0.6 is 23.2 Å². The molecule has 2 atom stereocenters. The number of nitrogens with zero attached hydrogens (tertiary/aromatic N) is 1. The molecule has 1 unspecified atom stereocenters. The third-order valence-electron chi connectivity index (χ3n) is 7.14. The second-order valence-corrected chi connectivity index (χ2v) is 11.9. The van der Waals surface area contributed by atoms with Crippen molar-refractivity contribution in [2.75, 3.05) is 18.4 Å². The number of fused-ring (bicyclic) bond motifs is 1. The van der Waals surface area contributed by atoms with E-state index in [1.54, 1.807) is 47.4 Å². The minimum atomic E-state index is -1.44. The summed E-state index contributed by atoms with van der Waals surface area (Å²) < 4.78 is 13.2. The molecule has 0 radical (unpaired) electrons. The molecule has 7 nitrogen and oxygen atoms in total. The molecule has 3 heterocycles. The third-order valence-corrected chi connectivity index (χ3v) is 9.18. The Balaban J connectivity index is 1.42. The summed E-state index contributed by atoms with van der Waals surface area (Å²) >= 11 is 12.5. The van der Waals surface area contributed by atoms with Gasteiger partial charge in [-0.2, -0.15) is 0 Å². The maximum absolute atomic E-state index is 13.2. The molecule has 1 saturated heterocycles. The summed E-state index contributed by atoms with van der Waals surface area (Å²) in [5, 5.41) is 13.5. The number of halogens is 2. The van der Waals surface area contributed by atoms with Crippen LogP contribution in [0.15, 0.2) is 41.3 Å². The quantitative estimate of drug-likeness (QED) is 0.367. The highest BCUT2D eigenvalue weighted by Crippen LogP contribution is 2.36. The SMILES string of the molecule is Cc1[nH]c(/C=C2\C(=O)Nc3ccc(S(=O)Cc4c(Cl)cccc4Cl)cc32)c(C)c1CC(=O)N1CC[C@@H](O)C1. The van der Waals surface area contributed by atoms with Crippen molar-refractivity contribution in [2.45, 2.75) is 43.4 Å². The molecule has 2 amide bonds. The van der Waals surface area contributed by atoms with Crippen LogP contribution in [0, 0.1) is 13.8 Å². The van der Waals surface area contributed by atoms with Gasteiger partial charge in [0, 0.05) is 56.2 Å². The average Bonchev–Trinajstić information content (AvgIpc) is 3.53. The lowest BCUT2D eigenvalue weighted by atomic mass is 10.0. The number of aromatic nitrogens is 1. The molecular formula is C28H27Cl2N3O4S. The molecule has 0 bridgehead atoms.